The SMILES string of the molecule is Cc1cc(C(NN)c2cccs2)cs1. The van der Waals surface area contributed by atoms with Crippen molar-refractivity contribution in [3.63, 3.8) is 0 Å². The number of nitrogens with two attached hydrogens (primary N) is 1. The van der Waals surface area contributed by atoms with Crippen LogP contribution in [0, 0.1) is 6.92 Å². The zero-order valence-electron chi connectivity index (χ0n) is 7.86. The fourth-order valence-electron chi connectivity index (χ4n) is 1.41. The van der Waals surface area contributed by atoms with Gasteiger partial charge in [-0.15, -0.1) is 22.7 Å². The molecule has 74 valence electrons. The largest absolute Gasteiger partial charge is 0.271 e. The molecule has 0 aromatic carbocycles. The molecule has 2 heterocycles. The summed E-state index contributed by atoms with van der Waals surface area (Å²) in [5.74, 6) is 5.57. The molecule has 0 spiro atoms. The Morgan fingerprint density at radius 1 is 1.43 bits per heavy atom. The third-order valence-electron chi connectivity index (χ3n) is 2.08. The molecule has 0 aliphatic heterocycles. The van der Waals surface area contributed by atoms with Gasteiger partial charge in [-0.2, -0.15) is 0 Å². The highest BCUT2D eigenvalue weighted by atomic mass is 32.1. The van der Waals surface area contributed by atoms with Crippen LogP contribution in [0.2, 0.25) is 0 Å². The minimum absolute atomic E-state index is 0.139. The normalized spacial score (nSPS) is 13.0. The first-order valence-corrected chi connectivity index (χ1v) is 6.12. The van der Waals surface area contributed by atoms with Crippen LogP contribution in [-0.4, -0.2) is 0 Å². The van der Waals surface area contributed by atoms with E-state index < -0.39 is 0 Å². The minimum atomic E-state index is 0.139. The fourth-order valence-corrected chi connectivity index (χ4v) is 2.96. The smallest absolute Gasteiger partial charge is 0.0810 e. The monoisotopic (exact) mass is 224 g/mol. The van der Waals surface area contributed by atoms with Crippen molar-refractivity contribution in [3.05, 3.63) is 44.3 Å². The summed E-state index contributed by atoms with van der Waals surface area (Å²) in [6.45, 7) is 2.11. The van der Waals surface area contributed by atoms with E-state index in [1.807, 2.05) is 6.07 Å². The van der Waals surface area contributed by atoms with E-state index in [0.717, 1.165) is 0 Å². The predicted octanol–water partition coefficient (Wildman–Crippen LogP) is 2.67. The van der Waals surface area contributed by atoms with Gasteiger partial charge in [0.25, 0.3) is 0 Å². The average molecular weight is 224 g/mol. The van der Waals surface area contributed by atoms with Crippen molar-refractivity contribution in [1.29, 1.82) is 0 Å². The third kappa shape index (κ3) is 1.88. The van der Waals surface area contributed by atoms with E-state index in [9.17, 15) is 0 Å². The number of rotatable bonds is 3. The van der Waals surface area contributed by atoms with Crippen molar-refractivity contribution < 1.29 is 0 Å². The molecule has 0 radical (unpaired) electrons. The first-order valence-electron chi connectivity index (χ1n) is 4.36. The molecular formula is C10H12N2S2. The Morgan fingerprint density at radius 3 is 2.79 bits per heavy atom. The number of thiophene rings is 2. The summed E-state index contributed by atoms with van der Waals surface area (Å²) in [6.07, 6.45) is 0. The molecule has 0 saturated carbocycles. The topological polar surface area (TPSA) is 38.0 Å². The molecule has 2 nitrogen and oxygen atoms in total. The molecule has 2 aromatic rings. The summed E-state index contributed by atoms with van der Waals surface area (Å²) in [6, 6.07) is 6.46. The van der Waals surface area contributed by atoms with E-state index in [0.29, 0.717) is 0 Å². The second kappa shape index (κ2) is 4.23. The highest BCUT2D eigenvalue weighted by Crippen LogP contribution is 2.28. The first-order chi connectivity index (χ1) is 6.81. The summed E-state index contributed by atoms with van der Waals surface area (Å²) in [4.78, 5) is 2.57. The third-order valence-corrected chi connectivity index (χ3v) is 3.90. The van der Waals surface area contributed by atoms with Crippen LogP contribution in [0.4, 0.5) is 0 Å². The van der Waals surface area contributed by atoms with Crippen LogP contribution in [-0.2, 0) is 0 Å². The lowest BCUT2D eigenvalue weighted by Crippen LogP contribution is -2.27. The summed E-state index contributed by atoms with van der Waals surface area (Å²) in [5, 5.41) is 4.22. The maximum atomic E-state index is 5.57. The standard InChI is InChI=1S/C10H12N2S2/c1-7-5-8(6-14-7)10(12-11)9-3-2-4-13-9/h2-6,10,12H,11H2,1H3. The molecular weight excluding hydrogens is 212 g/mol. The minimum Gasteiger partial charge on any atom is -0.271 e. The summed E-state index contributed by atoms with van der Waals surface area (Å²) >= 11 is 3.48. The molecule has 1 unspecified atom stereocenters. The van der Waals surface area contributed by atoms with Gasteiger partial charge in [-0.25, -0.2) is 5.43 Å². The van der Waals surface area contributed by atoms with Crippen molar-refractivity contribution in [2.24, 2.45) is 5.84 Å². The number of nitrogens with one attached hydrogen (secondary N) is 1. The quantitative estimate of drug-likeness (QED) is 0.621. The molecule has 2 rings (SSSR count). The molecule has 3 N–H and O–H groups in total. The fraction of sp³-hybridized carbons (Fsp3) is 0.200. The lowest BCUT2D eigenvalue weighted by atomic mass is 10.1. The Morgan fingerprint density at radius 2 is 2.29 bits per heavy atom. The lowest BCUT2D eigenvalue weighted by Gasteiger charge is -2.11. The molecule has 0 amide bonds. The summed E-state index contributed by atoms with van der Waals surface area (Å²) in [7, 11) is 0. The molecule has 0 bridgehead atoms. The highest BCUT2D eigenvalue weighted by Gasteiger charge is 2.13. The van der Waals surface area contributed by atoms with E-state index >= 15 is 0 Å². The van der Waals surface area contributed by atoms with Crippen molar-refractivity contribution in [1.82, 2.24) is 5.43 Å². The zero-order chi connectivity index (χ0) is 9.97. The van der Waals surface area contributed by atoms with Crippen LogP contribution in [0.1, 0.15) is 21.4 Å². The van der Waals surface area contributed by atoms with Gasteiger partial charge in [0, 0.05) is 9.75 Å². The molecule has 4 heteroatoms. The maximum absolute atomic E-state index is 5.57. The van der Waals surface area contributed by atoms with Gasteiger partial charge in [0.15, 0.2) is 0 Å². The van der Waals surface area contributed by atoms with Crippen molar-refractivity contribution >= 4 is 22.7 Å². The molecule has 0 aliphatic rings. The number of hydrogen-bond acceptors (Lipinski definition) is 4. The van der Waals surface area contributed by atoms with Crippen molar-refractivity contribution in [2.45, 2.75) is 13.0 Å². The van der Waals surface area contributed by atoms with Crippen LogP contribution < -0.4 is 11.3 Å². The number of hydrazine groups is 1. The van der Waals surface area contributed by atoms with E-state index in [2.05, 4.69) is 35.2 Å². The van der Waals surface area contributed by atoms with E-state index in [1.54, 1.807) is 22.7 Å². The first kappa shape index (κ1) is 9.86. The van der Waals surface area contributed by atoms with Crippen molar-refractivity contribution in [3.8, 4) is 0 Å². The van der Waals surface area contributed by atoms with Gasteiger partial charge in [0.2, 0.25) is 0 Å². The van der Waals surface area contributed by atoms with Gasteiger partial charge in [-0.1, -0.05) is 6.07 Å². The Kier molecular flexibility index (Phi) is 2.98. The number of hydrogen-bond donors (Lipinski definition) is 2. The Bertz CT molecular complexity index is 392. The van der Waals surface area contributed by atoms with E-state index in [1.165, 1.54) is 15.3 Å². The predicted molar refractivity (Wildman–Crippen MR) is 62.5 cm³/mol. The summed E-state index contributed by atoms with van der Waals surface area (Å²) in [5.41, 5.74) is 4.10. The van der Waals surface area contributed by atoms with Gasteiger partial charge in [-0.3, -0.25) is 5.84 Å². The molecule has 1 atom stereocenters. The maximum Gasteiger partial charge on any atom is 0.0810 e. The van der Waals surface area contributed by atoms with Gasteiger partial charge in [0.1, 0.15) is 0 Å². The zero-order valence-corrected chi connectivity index (χ0v) is 9.49. The van der Waals surface area contributed by atoms with Crippen LogP contribution in [0.25, 0.3) is 0 Å². The molecule has 0 fully saturated rings. The Hall–Kier alpha value is -0.680. The molecule has 0 aliphatic carbocycles. The van der Waals surface area contributed by atoms with Gasteiger partial charge in [0.05, 0.1) is 6.04 Å². The van der Waals surface area contributed by atoms with Gasteiger partial charge in [-0.05, 0) is 35.4 Å². The van der Waals surface area contributed by atoms with Crippen molar-refractivity contribution in [2.75, 3.05) is 0 Å². The summed E-state index contributed by atoms with van der Waals surface area (Å²) < 4.78 is 0. The average Bonchev–Trinajstić information content (AvgIpc) is 2.79. The van der Waals surface area contributed by atoms with E-state index in [-0.39, 0.29) is 6.04 Å². The van der Waals surface area contributed by atoms with Crippen LogP contribution in [0.15, 0.2) is 29.0 Å². The second-order valence-electron chi connectivity index (χ2n) is 3.11. The molecule has 2 aromatic heterocycles. The van der Waals surface area contributed by atoms with Crippen LogP contribution in [0.5, 0.6) is 0 Å². The number of aryl methyl sites for hydroxylation is 1. The second-order valence-corrected chi connectivity index (χ2v) is 5.20. The van der Waals surface area contributed by atoms with Crippen LogP contribution >= 0.6 is 22.7 Å². The molecule has 0 saturated heterocycles. The Balaban J connectivity index is 2.31. The Labute approximate surface area is 91.4 Å². The van der Waals surface area contributed by atoms with Crippen LogP contribution in [0.3, 0.4) is 0 Å². The molecule has 14 heavy (non-hydrogen) atoms. The lowest BCUT2D eigenvalue weighted by molar-refractivity contribution is 0.648. The van der Waals surface area contributed by atoms with Gasteiger partial charge >= 0.3 is 0 Å². The van der Waals surface area contributed by atoms with E-state index in [4.69, 9.17) is 5.84 Å². The highest BCUT2D eigenvalue weighted by molar-refractivity contribution is 7.10. The van der Waals surface area contributed by atoms with Gasteiger partial charge < -0.3 is 0 Å².